The van der Waals surface area contributed by atoms with Gasteiger partial charge in [-0.05, 0) is 44.2 Å². The van der Waals surface area contributed by atoms with E-state index >= 15 is 0 Å². The van der Waals surface area contributed by atoms with E-state index in [1.807, 2.05) is 41.8 Å². The highest BCUT2D eigenvalue weighted by Crippen LogP contribution is 2.22. The predicted octanol–water partition coefficient (Wildman–Crippen LogP) is 2.22. The standard InChI is InChI=1S/C16H24N2O3/c1-3-21-15(19)9-8-13-6-4-11-18(12-13)16(20)14-7-5-10-17(14)2/h5,7,10,13H,3-4,6,8-9,11-12H2,1-2H3. The van der Waals surface area contributed by atoms with Gasteiger partial charge in [0.15, 0.2) is 0 Å². The molecule has 116 valence electrons. The Bertz CT molecular complexity index is 495. The van der Waals surface area contributed by atoms with Crippen LogP contribution in [0.15, 0.2) is 18.3 Å². The van der Waals surface area contributed by atoms with Gasteiger partial charge in [0.05, 0.1) is 6.61 Å². The minimum absolute atomic E-state index is 0.0864. The summed E-state index contributed by atoms with van der Waals surface area (Å²) in [7, 11) is 1.88. The van der Waals surface area contributed by atoms with Crippen molar-refractivity contribution in [2.75, 3.05) is 19.7 Å². The van der Waals surface area contributed by atoms with E-state index in [-0.39, 0.29) is 11.9 Å². The van der Waals surface area contributed by atoms with E-state index in [4.69, 9.17) is 4.74 Å². The summed E-state index contributed by atoms with van der Waals surface area (Å²) in [5.74, 6) is 0.346. The fraction of sp³-hybridized carbons (Fsp3) is 0.625. The molecule has 1 atom stereocenters. The third kappa shape index (κ3) is 4.09. The van der Waals surface area contributed by atoms with Crippen molar-refractivity contribution in [3.05, 3.63) is 24.0 Å². The molecule has 0 radical (unpaired) electrons. The van der Waals surface area contributed by atoms with Crippen molar-refractivity contribution < 1.29 is 14.3 Å². The summed E-state index contributed by atoms with van der Waals surface area (Å²) in [6.07, 6.45) is 5.22. The van der Waals surface area contributed by atoms with Gasteiger partial charge in [-0.3, -0.25) is 9.59 Å². The Morgan fingerprint density at radius 3 is 2.90 bits per heavy atom. The number of esters is 1. The molecular weight excluding hydrogens is 268 g/mol. The number of piperidine rings is 1. The van der Waals surface area contributed by atoms with Crippen molar-refractivity contribution in [2.45, 2.75) is 32.6 Å². The highest BCUT2D eigenvalue weighted by Gasteiger charge is 2.25. The average Bonchev–Trinajstić information content (AvgIpc) is 2.91. The first-order valence-electron chi connectivity index (χ1n) is 7.68. The third-order valence-electron chi connectivity index (χ3n) is 4.03. The van der Waals surface area contributed by atoms with Gasteiger partial charge in [-0.1, -0.05) is 0 Å². The monoisotopic (exact) mass is 292 g/mol. The van der Waals surface area contributed by atoms with Crippen LogP contribution >= 0.6 is 0 Å². The summed E-state index contributed by atoms with van der Waals surface area (Å²) in [5.41, 5.74) is 0.723. The van der Waals surface area contributed by atoms with Crippen LogP contribution in [-0.4, -0.2) is 41.0 Å². The molecule has 1 aromatic rings. The quantitative estimate of drug-likeness (QED) is 0.782. The molecule has 1 unspecified atom stereocenters. The summed E-state index contributed by atoms with van der Waals surface area (Å²) in [6.45, 7) is 3.80. The van der Waals surface area contributed by atoms with Crippen LogP contribution in [0.3, 0.4) is 0 Å². The van der Waals surface area contributed by atoms with Crippen LogP contribution < -0.4 is 0 Å². The van der Waals surface area contributed by atoms with Crippen molar-refractivity contribution >= 4 is 11.9 Å². The van der Waals surface area contributed by atoms with Crippen LogP contribution in [0.4, 0.5) is 0 Å². The van der Waals surface area contributed by atoms with E-state index in [1.54, 1.807) is 0 Å². The highest BCUT2D eigenvalue weighted by molar-refractivity contribution is 5.92. The lowest BCUT2D eigenvalue weighted by Crippen LogP contribution is -2.40. The highest BCUT2D eigenvalue weighted by atomic mass is 16.5. The van der Waals surface area contributed by atoms with E-state index in [0.29, 0.717) is 18.9 Å². The largest absolute Gasteiger partial charge is 0.466 e. The van der Waals surface area contributed by atoms with Gasteiger partial charge in [0.1, 0.15) is 5.69 Å². The lowest BCUT2D eigenvalue weighted by molar-refractivity contribution is -0.143. The Balaban J connectivity index is 1.87. The lowest BCUT2D eigenvalue weighted by Gasteiger charge is -2.32. The molecule has 1 saturated heterocycles. The number of hydrogen-bond donors (Lipinski definition) is 0. The molecule has 1 aliphatic heterocycles. The molecule has 0 bridgehead atoms. The molecule has 1 aliphatic rings. The smallest absolute Gasteiger partial charge is 0.305 e. The predicted molar refractivity (Wildman–Crippen MR) is 79.9 cm³/mol. The molecule has 21 heavy (non-hydrogen) atoms. The van der Waals surface area contributed by atoms with Crippen LogP contribution in [0.1, 0.15) is 43.1 Å². The van der Waals surface area contributed by atoms with E-state index in [0.717, 1.165) is 38.0 Å². The number of ether oxygens (including phenoxy) is 1. The molecule has 0 saturated carbocycles. The maximum Gasteiger partial charge on any atom is 0.305 e. The Kier molecular flexibility index (Phi) is 5.42. The van der Waals surface area contributed by atoms with Gasteiger partial charge in [-0.25, -0.2) is 0 Å². The van der Waals surface area contributed by atoms with Gasteiger partial charge in [0, 0.05) is 32.8 Å². The molecule has 5 heteroatoms. The summed E-state index contributed by atoms with van der Waals surface area (Å²) < 4.78 is 6.81. The van der Waals surface area contributed by atoms with E-state index in [9.17, 15) is 9.59 Å². The fourth-order valence-corrected chi connectivity index (χ4v) is 2.89. The number of carbonyl (C=O) groups is 2. The molecule has 1 fully saturated rings. The Hall–Kier alpha value is -1.78. The number of nitrogens with zero attached hydrogens (tertiary/aromatic N) is 2. The Labute approximate surface area is 125 Å². The van der Waals surface area contributed by atoms with Crippen LogP contribution in [0.25, 0.3) is 0 Å². The molecule has 0 N–H and O–H groups in total. The second-order valence-electron chi connectivity index (χ2n) is 5.61. The third-order valence-corrected chi connectivity index (χ3v) is 4.03. The van der Waals surface area contributed by atoms with E-state index < -0.39 is 0 Å². The molecule has 5 nitrogen and oxygen atoms in total. The second kappa shape index (κ2) is 7.29. The lowest BCUT2D eigenvalue weighted by atomic mass is 9.93. The first-order valence-corrected chi connectivity index (χ1v) is 7.68. The normalized spacial score (nSPS) is 18.6. The van der Waals surface area contributed by atoms with Gasteiger partial charge in [-0.15, -0.1) is 0 Å². The number of likely N-dealkylation sites (tertiary alicyclic amines) is 1. The Morgan fingerprint density at radius 1 is 1.43 bits per heavy atom. The molecule has 1 amide bonds. The number of aromatic nitrogens is 1. The zero-order valence-corrected chi connectivity index (χ0v) is 12.9. The zero-order chi connectivity index (χ0) is 15.2. The maximum atomic E-state index is 12.5. The number of rotatable bonds is 5. The molecule has 0 aromatic carbocycles. The summed E-state index contributed by atoms with van der Waals surface area (Å²) in [6, 6.07) is 3.74. The van der Waals surface area contributed by atoms with Gasteiger partial charge < -0.3 is 14.2 Å². The van der Waals surface area contributed by atoms with Crippen LogP contribution in [-0.2, 0) is 16.6 Å². The number of hydrogen-bond acceptors (Lipinski definition) is 3. The second-order valence-corrected chi connectivity index (χ2v) is 5.61. The number of amides is 1. The summed E-state index contributed by atoms with van der Waals surface area (Å²) >= 11 is 0. The SMILES string of the molecule is CCOC(=O)CCC1CCCN(C(=O)c2cccn2C)C1. The topological polar surface area (TPSA) is 51.5 Å². The average molecular weight is 292 g/mol. The minimum Gasteiger partial charge on any atom is -0.466 e. The van der Waals surface area contributed by atoms with Crippen molar-refractivity contribution in [3.63, 3.8) is 0 Å². The van der Waals surface area contributed by atoms with Gasteiger partial charge in [-0.2, -0.15) is 0 Å². The van der Waals surface area contributed by atoms with E-state index in [1.165, 1.54) is 0 Å². The molecule has 2 heterocycles. The molecule has 1 aromatic heterocycles. The number of aryl methyl sites for hydroxylation is 1. The Morgan fingerprint density at radius 2 is 2.24 bits per heavy atom. The molecule has 0 aliphatic carbocycles. The van der Waals surface area contributed by atoms with E-state index in [2.05, 4.69) is 0 Å². The first kappa shape index (κ1) is 15.6. The molecule has 0 spiro atoms. The van der Waals surface area contributed by atoms with Crippen molar-refractivity contribution in [3.8, 4) is 0 Å². The van der Waals surface area contributed by atoms with Crippen molar-refractivity contribution in [2.24, 2.45) is 13.0 Å². The van der Waals surface area contributed by atoms with Crippen molar-refractivity contribution in [1.29, 1.82) is 0 Å². The van der Waals surface area contributed by atoms with Crippen LogP contribution in [0, 0.1) is 5.92 Å². The first-order chi connectivity index (χ1) is 10.1. The maximum absolute atomic E-state index is 12.5. The molecular formula is C16H24N2O3. The summed E-state index contributed by atoms with van der Waals surface area (Å²) in [5, 5.41) is 0. The van der Waals surface area contributed by atoms with Crippen molar-refractivity contribution in [1.82, 2.24) is 9.47 Å². The van der Waals surface area contributed by atoms with Crippen LogP contribution in [0.2, 0.25) is 0 Å². The van der Waals surface area contributed by atoms with Gasteiger partial charge >= 0.3 is 5.97 Å². The minimum atomic E-state index is -0.136. The summed E-state index contributed by atoms with van der Waals surface area (Å²) in [4.78, 5) is 25.8. The zero-order valence-electron chi connectivity index (χ0n) is 12.9. The van der Waals surface area contributed by atoms with Crippen LogP contribution in [0.5, 0.6) is 0 Å². The fourth-order valence-electron chi connectivity index (χ4n) is 2.89. The van der Waals surface area contributed by atoms with Gasteiger partial charge in [0.2, 0.25) is 0 Å². The van der Waals surface area contributed by atoms with Gasteiger partial charge in [0.25, 0.3) is 5.91 Å². The number of carbonyl (C=O) groups excluding carboxylic acids is 2. The molecule has 2 rings (SSSR count).